The summed E-state index contributed by atoms with van der Waals surface area (Å²) in [5, 5.41) is 39.9. The third-order valence-electron chi connectivity index (χ3n) is 4.91. The lowest BCUT2D eigenvalue weighted by Crippen LogP contribution is -2.55. The molecule has 1 aliphatic rings. The van der Waals surface area contributed by atoms with E-state index < -0.39 is 67.5 Å². The summed E-state index contributed by atoms with van der Waals surface area (Å²) in [6, 6.07) is 6.01. The predicted octanol–water partition coefficient (Wildman–Crippen LogP) is 2.29. The zero-order valence-corrected chi connectivity index (χ0v) is 15.8. The molecule has 1 heterocycles. The van der Waals surface area contributed by atoms with Crippen LogP contribution in [0.5, 0.6) is 0 Å². The number of benzene rings is 2. The van der Waals surface area contributed by atoms with Crippen molar-refractivity contribution in [2.45, 2.75) is 50.2 Å². The van der Waals surface area contributed by atoms with Crippen LogP contribution in [0.3, 0.4) is 0 Å². The normalized spacial score (nSPS) is 30.7. The summed E-state index contributed by atoms with van der Waals surface area (Å²) >= 11 is 6.22. The van der Waals surface area contributed by atoms with E-state index in [4.69, 9.17) is 23.2 Å². The Morgan fingerprint density at radius 2 is 1.79 bits per heavy atom. The highest BCUT2D eigenvalue weighted by molar-refractivity contribution is 6.31. The van der Waals surface area contributed by atoms with Crippen LogP contribution in [-0.2, 0) is 17.5 Å². The minimum absolute atomic E-state index is 0.0351. The maximum absolute atomic E-state index is 14.6. The molecule has 0 aliphatic carbocycles. The molecule has 1 aliphatic heterocycles. The Morgan fingerprint density at radius 1 is 1.10 bits per heavy atom. The molecule has 2 aromatic rings. The zero-order valence-electron chi connectivity index (χ0n) is 20.0. The zero-order chi connectivity index (χ0) is 25.6. The summed E-state index contributed by atoms with van der Waals surface area (Å²) in [5.41, 5.74) is -0.514. The van der Waals surface area contributed by atoms with Crippen LogP contribution in [0.4, 0.5) is 8.78 Å². The lowest BCUT2D eigenvalue weighted by atomic mass is 9.90. The van der Waals surface area contributed by atoms with Gasteiger partial charge >= 0.3 is 0 Å². The second kappa shape index (κ2) is 9.04. The number of aliphatic hydroxyl groups is 4. The van der Waals surface area contributed by atoms with Gasteiger partial charge in [0.05, 0.1) is 6.61 Å². The van der Waals surface area contributed by atoms with Gasteiger partial charge in [-0.05, 0) is 47.7 Å². The molecule has 0 aromatic heterocycles. The average Bonchev–Trinajstić information content (AvgIpc) is 2.72. The van der Waals surface area contributed by atoms with Crippen molar-refractivity contribution in [1.29, 1.82) is 0 Å². The first-order valence-corrected chi connectivity index (χ1v) is 9.14. The monoisotopic (exact) mass is 433 g/mol. The molecule has 29 heavy (non-hydrogen) atoms. The second-order valence-corrected chi connectivity index (χ2v) is 7.24. The number of aliphatic hydroxyl groups excluding tert-OH is 4. The summed E-state index contributed by atoms with van der Waals surface area (Å²) in [5.74, 6) is -2.73. The molecular weight excluding hydrogens is 406 g/mol. The Kier molecular flexibility index (Phi) is 5.03. The van der Waals surface area contributed by atoms with Crippen molar-refractivity contribution in [1.82, 2.24) is 0 Å². The van der Waals surface area contributed by atoms with E-state index in [1.54, 1.807) is 0 Å². The topological polar surface area (TPSA) is 90.2 Å². The molecule has 0 amide bonds. The Labute approximate surface area is 179 Å². The van der Waals surface area contributed by atoms with Gasteiger partial charge in [-0.15, -0.1) is 0 Å². The molecule has 0 radical (unpaired) electrons. The van der Waals surface area contributed by atoms with E-state index in [1.807, 2.05) is 0 Å². The predicted molar refractivity (Wildman–Crippen MR) is 103 cm³/mol. The Morgan fingerprint density at radius 3 is 2.41 bits per heavy atom. The van der Waals surface area contributed by atoms with Gasteiger partial charge in [0.1, 0.15) is 42.2 Å². The van der Waals surface area contributed by atoms with E-state index >= 15 is 0 Å². The van der Waals surface area contributed by atoms with Crippen molar-refractivity contribution >= 4 is 11.6 Å². The van der Waals surface area contributed by atoms with Crippen molar-refractivity contribution in [2.24, 2.45) is 0 Å². The van der Waals surface area contributed by atoms with Crippen molar-refractivity contribution in [3.63, 3.8) is 0 Å². The van der Waals surface area contributed by atoms with Gasteiger partial charge in [0.15, 0.2) is 0 Å². The fourth-order valence-electron chi connectivity index (χ4n) is 3.35. The fourth-order valence-corrected chi connectivity index (χ4v) is 3.54. The van der Waals surface area contributed by atoms with Crippen LogP contribution < -0.4 is 0 Å². The standard InChI is InChI=1S/C21H23ClF2O5/c1-2-13-15(23)6-10(7-16(13)24)5-12-8-11(3-4-14(12)22)21-20(28)19(27)18(26)17(9-25)29-21/h3-4,6-8,17-21,25-28H,2,5,9H2,1H3/t17-,18-,19+,20-,21+/m1/s1/i1D3,2D2. The molecule has 0 spiro atoms. The van der Waals surface area contributed by atoms with E-state index in [2.05, 4.69) is 0 Å². The molecule has 1 saturated heterocycles. The third kappa shape index (κ3) is 4.45. The van der Waals surface area contributed by atoms with E-state index in [0.717, 1.165) is 12.1 Å². The number of ether oxygens (including phenoxy) is 1. The van der Waals surface area contributed by atoms with Gasteiger partial charge in [0.2, 0.25) is 0 Å². The van der Waals surface area contributed by atoms with Gasteiger partial charge in [-0.1, -0.05) is 30.6 Å². The molecule has 4 N–H and O–H groups in total. The summed E-state index contributed by atoms with van der Waals surface area (Å²) in [6.07, 6.45) is -10.3. The Hall–Kier alpha value is -1.61. The summed E-state index contributed by atoms with van der Waals surface area (Å²) < 4.78 is 71.8. The molecule has 158 valence electrons. The highest BCUT2D eigenvalue weighted by Gasteiger charge is 2.44. The van der Waals surface area contributed by atoms with Crippen LogP contribution in [0.25, 0.3) is 0 Å². The molecule has 8 heteroatoms. The summed E-state index contributed by atoms with van der Waals surface area (Å²) in [6.45, 7) is -3.91. The number of hydrogen-bond acceptors (Lipinski definition) is 5. The molecule has 3 rings (SSSR count). The van der Waals surface area contributed by atoms with Gasteiger partial charge in [-0.3, -0.25) is 0 Å². The SMILES string of the molecule is [2H]C([2H])([2H])C([2H])([2H])c1c(F)cc(Cc2cc([C@@H]3O[C@H](CO)[C@@H](O)[C@H](O)[C@H]3O)ccc2Cl)cc1F. The lowest BCUT2D eigenvalue weighted by molar-refractivity contribution is -0.231. The molecule has 5 atom stereocenters. The third-order valence-corrected chi connectivity index (χ3v) is 5.28. The highest BCUT2D eigenvalue weighted by atomic mass is 35.5. The van der Waals surface area contributed by atoms with Crippen molar-refractivity contribution in [3.8, 4) is 0 Å². The quantitative estimate of drug-likeness (QED) is 0.581. The van der Waals surface area contributed by atoms with Crippen LogP contribution >= 0.6 is 11.6 Å². The second-order valence-electron chi connectivity index (χ2n) is 6.84. The molecule has 2 aromatic carbocycles. The minimum Gasteiger partial charge on any atom is -0.394 e. The van der Waals surface area contributed by atoms with Crippen LogP contribution in [-0.4, -0.2) is 51.4 Å². The number of rotatable bonds is 5. The van der Waals surface area contributed by atoms with Crippen LogP contribution in [0, 0.1) is 11.6 Å². The van der Waals surface area contributed by atoms with Crippen molar-refractivity contribution in [3.05, 3.63) is 69.2 Å². The molecule has 0 saturated carbocycles. The summed E-state index contributed by atoms with van der Waals surface area (Å²) in [7, 11) is 0. The van der Waals surface area contributed by atoms with Gasteiger partial charge in [0.25, 0.3) is 0 Å². The van der Waals surface area contributed by atoms with E-state index in [1.165, 1.54) is 18.2 Å². The van der Waals surface area contributed by atoms with Gasteiger partial charge in [-0.2, -0.15) is 0 Å². The van der Waals surface area contributed by atoms with E-state index in [-0.39, 0.29) is 17.0 Å². The molecule has 1 fully saturated rings. The highest BCUT2D eigenvalue weighted by Crippen LogP contribution is 2.34. The number of halogens is 3. The molecular formula is C21H23ClF2O5. The molecule has 5 nitrogen and oxygen atoms in total. The largest absolute Gasteiger partial charge is 0.394 e. The number of hydrogen-bond donors (Lipinski definition) is 4. The maximum atomic E-state index is 14.6. The molecule has 0 bridgehead atoms. The van der Waals surface area contributed by atoms with Crippen LogP contribution in [0.1, 0.15) is 42.1 Å². The van der Waals surface area contributed by atoms with Crippen molar-refractivity contribution < 1.29 is 40.8 Å². The first-order valence-electron chi connectivity index (χ1n) is 11.3. The van der Waals surface area contributed by atoms with Gasteiger partial charge in [-0.25, -0.2) is 8.78 Å². The van der Waals surface area contributed by atoms with Crippen molar-refractivity contribution in [2.75, 3.05) is 6.61 Å². The average molecular weight is 434 g/mol. The maximum Gasteiger partial charge on any atom is 0.129 e. The summed E-state index contributed by atoms with van der Waals surface area (Å²) in [4.78, 5) is 0. The fraction of sp³-hybridized carbons (Fsp3) is 0.429. The Balaban J connectivity index is 1.94. The smallest absolute Gasteiger partial charge is 0.129 e. The van der Waals surface area contributed by atoms with Crippen LogP contribution in [0.2, 0.25) is 5.02 Å². The van der Waals surface area contributed by atoms with Crippen LogP contribution in [0.15, 0.2) is 30.3 Å². The molecule has 0 unspecified atom stereocenters. The van der Waals surface area contributed by atoms with E-state index in [0.29, 0.717) is 11.1 Å². The lowest BCUT2D eigenvalue weighted by Gasteiger charge is -2.40. The first-order chi connectivity index (χ1) is 15.7. The Bertz CT molecular complexity index is 1030. The van der Waals surface area contributed by atoms with Gasteiger partial charge in [0, 0.05) is 17.4 Å². The van der Waals surface area contributed by atoms with Gasteiger partial charge < -0.3 is 25.2 Å². The first kappa shape index (κ1) is 16.1. The minimum atomic E-state index is -3.29. The van der Waals surface area contributed by atoms with E-state index in [9.17, 15) is 29.2 Å².